The summed E-state index contributed by atoms with van der Waals surface area (Å²) in [5.41, 5.74) is 0.848. The lowest BCUT2D eigenvalue weighted by molar-refractivity contribution is 0.596. The van der Waals surface area contributed by atoms with E-state index in [-0.39, 0.29) is 14.0 Å². The van der Waals surface area contributed by atoms with Gasteiger partial charge in [0.1, 0.15) is 4.21 Å². The molecule has 28 heavy (non-hydrogen) atoms. The molecule has 0 fully saturated rings. The van der Waals surface area contributed by atoms with Gasteiger partial charge in [0, 0.05) is 17.0 Å². The van der Waals surface area contributed by atoms with E-state index in [9.17, 15) is 16.8 Å². The Bertz CT molecular complexity index is 1360. The van der Waals surface area contributed by atoms with E-state index in [1.54, 1.807) is 42.6 Å². The third-order valence-electron chi connectivity index (χ3n) is 4.06. The Morgan fingerprint density at radius 3 is 2.36 bits per heavy atom. The molecule has 0 saturated heterocycles. The van der Waals surface area contributed by atoms with Gasteiger partial charge in [-0.25, -0.2) is 16.8 Å². The van der Waals surface area contributed by atoms with Crippen molar-refractivity contribution in [2.75, 3.05) is 4.72 Å². The fourth-order valence-electron chi connectivity index (χ4n) is 2.70. The number of nitrogens with one attached hydrogen (secondary N) is 1. The van der Waals surface area contributed by atoms with Gasteiger partial charge in [0.15, 0.2) is 0 Å². The third kappa shape index (κ3) is 3.39. The molecular weight excluding hydrogens is 416 g/mol. The second-order valence-electron chi connectivity index (χ2n) is 5.90. The zero-order chi connectivity index (χ0) is 19.8. The summed E-state index contributed by atoms with van der Waals surface area (Å²) in [7, 11) is -7.74. The Hall–Kier alpha value is -2.75. The standard InChI is InChI=1S/C19H14N2O4S3/c22-27(23,15-8-2-1-3-9-15)16-12-18(26-13-16)28(24,25)21-17-10-4-6-14-7-5-11-20-19(14)17/h1-13,21H. The molecule has 0 bridgehead atoms. The van der Waals surface area contributed by atoms with E-state index in [2.05, 4.69) is 9.71 Å². The topological polar surface area (TPSA) is 93.2 Å². The Balaban J connectivity index is 1.70. The molecule has 0 unspecified atom stereocenters. The Morgan fingerprint density at radius 1 is 0.821 bits per heavy atom. The maximum absolute atomic E-state index is 12.8. The zero-order valence-corrected chi connectivity index (χ0v) is 16.8. The zero-order valence-electron chi connectivity index (χ0n) is 14.3. The SMILES string of the molecule is O=S(=O)(Nc1cccc2cccnc12)c1cc(S(=O)(=O)c2ccccc2)cs1. The van der Waals surface area contributed by atoms with E-state index in [0.29, 0.717) is 11.2 Å². The van der Waals surface area contributed by atoms with Gasteiger partial charge in [-0.1, -0.05) is 36.4 Å². The van der Waals surface area contributed by atoms with Gasteiger partial charge in [-0.3, -0.25) is 9.71 Å². The number of benzene rings is 2. The van der Waals surface area contributed by atoms with E-state index in [1.807, 2.05) is 12.1 Å². The number of sulfonamides is 1. The molecule has 4 rings (SSSR count). The number of rotatable bonds is 5. The van der Waals surface area contributed by atoms with Crippen LogP contribution in [0.3, 0.4) is 0 Å². The highest BCUT2D eigenvalue weighted by atomic mass is 32.2. The van der Waals surface area contributed by atoms with Crippen LogP contribution >= 0.6 is 11.3 Å². The second kappa shape index (κ2) is 7.01. The molecule has 0 aliphatic carbocycles. The van der Waals surface area contributed by atoms with Crippen LogP contribution < -0.4 is 4.72 Å². The first-order valence-corrected chi connectivity index (χ1v) is 12.0. The summed E-state index contributed by atoms with van der Waals surface area (Å²) in [6.07, 6.45) is 1.58. The molecule has 0 saturated carbocycles. The lowest BCUT2D eigenvalue weighted by Crippen LogP contribution is -2.12. The van der Waals surface area contributed by atoms with Crippen LogP contribution in [0.15, 0.2) is 92.3 Å². The van der Waals surface area contributed by atoms with Crippen LogP contribution in [0.2, 0.25) is 0 Å². The quantitative estimate of drug-likeness (QED) is 0.518. The predicted octanol–water partition coefficient (Wildman–Crippen LogP) is 3.93. The molecule has 6 nitrogen and oxygen atoms in total. The number of hydrogen-bond donors (Lipinski definition) is 1. The van der Waals surface area contributed by atoms with E-state index in [4.69, 9.17) is 0 Å². The van der Waals surface area contributed by atoms with Crippen LogP contribution in [0.1, 0.15) is 0 Å². The Kier molecular flexibility index (Phi) is 4.66. The summed E-state index contributed by atoms with van der Waals surface area (Å²) in [6, 6.07) is 17.8. The summed E-state index contributed by atoms with van der Waals surface area (Å²) < 4.78 is 53.4. The average molecular weight is 431 g/mol. The van der Waals surface area contributed by atoms with Crippen molar-refractivity contribution in [2.45, 2.75) is 14.0 Å². The van der Waals surface area contributed by atoms with Gasteiger partial charge in [-0.2, -0.15) is 0 Å². The fourth-order valence-corrected chi connectivity index (χ4v) is 6.67. The van der Waals surface area contributed by atoms with Crippen LogP contribution in [0.5, 0.6) is 0 Å². The normalized spacial score (nSPS) is 12.1. The van der Waals surface area contributed by atoms with E-state index >= 15 is 0 Å². The molecule has 4 aromatic rings. The molecule has 2 aromatic heterocycles. The molecule has 1 N–H and O–H groups in total. The van der Waals surface area contributed by atoms with E-state index in [1.165, 1.54) is 23.6 Å². The van der Waals surface area contributed by atoms with Gasteiger partial charge in [-0.05, 0) is 30.3 Å². The number of para-hydroxylation sites is 1. The largest absolute Gasteiger partial charge is 0.277 e. The molecule has 0 aliphatic rings. The Labute approximate surface area is 166 Å². The number of pyridine rings is 1. The first-order valence-electron chi connectivity index (χ1n) is 8.13. The van der Waals surface area contributed by atoms with E-state index < -0.39 is 19.9 Å². The molecule has 2 aromatic carbocycles. The van der Waals surface area contributed by atoms with Crippen molar-refractivity contribution < 1.29 is 16.8 Å². The van der Waals surface area contributed by atoms with Gasteiger partial charge >= 0.3 is 0 Å². The van der Waals surface area contributed by atoms with Crippen molar-refractivity contribution in [3.63, 3.8) is 0 Å². The van der Waals surface area contributed by atoms with E-state index in [0.717, 1.165) is 16.7 Å². The summed E-state index contributed by atoms with van der Waals surface area (Å²) >= 11 is 0.853. The second-order valence-corrected chi connectivity index (χ2v) is 10.7. The maximum Gasteiger partial charge on any atom is 0.271 e. The van der Waals surface area contributed by atoms with Gasteiger partial charge in [0.25, 0.3) is 10.0 Å². The monoisotopic (exact) mass is 430 g/mol. The lowest BCUT2D eigenvalue weighted by atomic mass is 10.2. The van der Waals surface area contributed by atoms with Crippen LogP contribution in [0, 0.1) is 0 Å². The van der Waals surface area contributed by atoms with Crippen LogP contribution in [-0.4, -0.2) is 21.8 Å². The first kappa shape index (κ1) is 18.6. The van der Waals surface area contributed by atoms with Crippen molar-refractivity contribution in [2.24, 2.45) is 0 Å². The maximum atomic E-state index is 12.8. The number of nitrogens with zero attached hydrogens (tertiary/aromatic N) is 1. The third-order valence-corrected chi connectivity index (χ3v) is 8.76. The van der Waals surface area contributed by atoms with Crippen molar-refractivity contribution in [1.82, 2.24) is 4.98 Å². The highest BCUT2D eigenvalue weighted by Gasteiger charge is 2.24. The molecule has 2 heterocycles. The lowest BCUT2D eigenvalue weighted by Gasteiger charge is -2.08. The van der Waals surface area contributed by atoms with Crippen molar-refractivity contribution >= 4 is 47.8 Å². The predicted molar refractivity (Wildman–Crippen MR) is 109 cm³/mol. The number of aromatic nitrogens is 1. The number of thiophene rings is 1. The number of fused-ring (bicyclic) bond motifs is 1. The number of sulfone groups is 1. The number of hydrogen-bond acceptors (Lipinski definition) is 6. The molecule has 0 radical (unpaired) electrons. The van der Waals surface area contributed by atoms with Crippen molar-refractivity contribution in [1.29, 1.82) is 0 Å². The summed E-state index contributed by atoms with van der Waals surface area (Å²) in [5.74, 6) is 0. The van der Waals surface area contributed by atoms with Crippen LogP contribution in [-0.2, 0) is 19.9 Å². The summed E-state index contributed by atoms with van der Waals surface area (Å²) in [5, 5.41) is 2.12. The van der Waals surface area contributed by atoms with Crippen LogP contribution in [0.25, 0.3) is 10.9 Å². The average Bonchev–Trinajstić information content (AvgIpc) is 3.21. The first-order chi connectivity index (χ1) is 13.4. The minimum atomic E-state index is -3.96. The highest BCUT2D eigenvalue weighted by molar-refractivity contribution is 7.95. The summed E-state index contributed by atoms with van der Waals surface area (Å²) in [6.45, 7) is 0. The molecule has 9 heteroatoms. The molecular formula is C19H14N2O4S3. The van der Waals surface area contributed by atoms with Gasteiger partial charge in [0.05, 0.1) is 21.0 Å². The minimum absolute atomic E-state index is 0.0554. The highest BCUT2D eigenvalue weighted by Crippen LogP contribution is 2.30. The molecule has 0 aliphatic heterocycles. The Morgan fingerprint density at radius 2 is 1.57 bits per heavy atom. The van der Waals surface area contributed by atoms with Crippen LogP contribution in [0.4, 0.5) is 5.69 Å². The van der Waals surface area contributed by atoms with Gasteiger partial charge < -0.3 is 0 Å². The van der Waals surface area contributed by atoms with Crippen molar-refractivity contribution in [3.05, 3.63) is 78.3 Å². The minimum Gasteiger partial charge on any atom is -0.277 e. The molecule has 0 atom stereocenters. The summed E-state index contributed by atoms with van der Waals surface area (Å²) in [4.78, 5) is 4.28. The van der Waals surface area contributed by atoms with Gasteiger partial charge in [-0.15, -0.1) is 11.3 Å². The van der Waals surface area contributed by atoms with Gasteiger partial charge in [0.2, 0.25) is 9.84 Å². The smallest absolute Gasteiger partial charge is 0.271 e. The van der Waals surface area contributed by atoms with Crippen molar-refractivity contribution in [3.8, 4) is 0 Å². The molecule has 142 valence electrons. The molecule has 0 amide bonds. The molecule has 0 spiro atoms. The number of anilines is 1. The fraction of sp³-hybridized carbons (Fsp3) is 0.